The molecule has 30 heavy (non-hydrogen) atoms. The fourth-order valence-electron chi connectivity index (χ4n) is 2.47. The molecule has 2 aromatic heterocycles. The minimum Gasteiger partial charge on any atom is -0.449 e. The lowest BCUT2D eigenvalue weighted by molar-refractivity contribution is -0.129. The summed E-state index contributed by atoms with van der Waals surface area (Å²) in [5, 5.41) is 6.46. The summed E-state index contributed by atoms with van der Waals surface area (Å²) in [4.78, 5) is 26.3. The second-order valence-corrected chi connectivity index (χ2v) is 10.1. The average molecular weight is 465 g/mol. The van der Waals surface area contributed by atoms with Crippen LogP contribution in [0.5, 0.6) is 0 Å². The number of sulfonamides is 1. The van der Waals surface area contributed by atoms with E-state index in [-0.39, 0.29) is 17.0 Å². The third-order valence-corrected chi connectivity index (χ3v) is 7.22. The number of rotatable bonds is 9. The zero-order chi connectivity index (χ0) is 21.6. The molecule has 0 saturated carbocycles. The molecule has 3 aromatic rings. The Bertz CT molecular complexity index is 1090. The maximum absolute atomic E-state index is 12.5. The van der Waals surface area contributed by atoms with Gasteiger partial charge in [0.05, 0.1) is 17.0 Å². The molecule has 0 bridgehead atoms. The summed E-state index contributed by atoms with van der Waals surface area (Å²) in [5.41, 5.74) is 0.0481. The molecule has 7 nitrogen and oxygen atoms in total. The van der Waals surface area contributed by atoms with Crippen LogP contribution in [0.15, 0.2) is 64.2 Å². The molecule has 1 aromatic carbocycles. The molecule has 158 valence electrons. The van der Waals surface area contributed by atoms with Gasteiger partial charge in [0.2, 0.25) is 10.0 Å². The fourth-order valence-corrected chi connectivity index (χ4v) is 4.90. The van der Waals surface area contributed by atoms with Gasteiger partial charge in [-0.1, -0.05) is 18.2 Å². The average Bonchev–Trinajstić information content (AvgIpc) is 3.44. The highest BCUT2D eigenvalue weighted by molar-refractivity contribution is 7.89. The van der Waals surface area contributed by atoms with Crippen LogP contribution in [0.25, 0.3) is 0 Å². The molecule has 0 aliphatic carbocycles. The fraction of sp³-hybridized carbons (Fsp3) is 0.200. The van der Waals surface area contributed by atoms with Gasteiger partial charge in [-0.25, -0.2) is 17.9 Å². The largest absolute Gasteiger partial charge is 0.449 e. The van der Waals surface area contributed by atoms with Crippen molar-refractivity contribution < 1.29 is 22.7 Å². The van der Waals surface area contributed by atoms with E-state index >= 15 is 0 Å². The quantitative estimate of drug-likeness (QED) is 0.474. The first-order chi connectivity index (χ1) is 14.3. The van der Waals surface area contributed by atoms with Crippen LogP contribution in [0.4, 0.5) is 0 Å². The minimum atomic E-state index is -3.80. The number of hydrogen-bond acceptors (Lipinski definition) is 7. The molecule has 0 aliphatic rings. The number of ether oxygens (including phenoxy) is 1. The predicted octanol–water partition coefficient (Wildman–Crippen LogP) is 3.15. The zero-order valence-electron chi connectivity index (χ0n) is 16.0. The highest BCUT2D eigenvalue weighted by Crippen LogP contribution is 2.15. The Morgan fingerprint density at radius 2 is 1.67 bits per heavy atom. The summed E-state index contributed by atoms with van der Waals surface area (Å²) < 4.78 is 32.7. The zero-order valence-corrected chi connectivity index (χ0v) is 18.5. The van der Waals surface area contributed by atoms with Crippen molar-refractivity contribution in [2.45, 2.75) is 31.0 Å². The summed E-state index contributed by atoms with van der Waals surface area (Å²) in [6.07, 6.45) is -1.02. The lowest BCUT2D eigenvalue weighted by Crippen LogP contribution is -2.35. The Hall–Kier alpha value is -2.53. The van der Waals surface area contributed by atoms with Gasteiger partial charge in [-0.15, -0.1) is 22.7 Å². The molecule has 1 atom stereocenters. The molecule has 0 spiro atoms. The number of nitrogens with one attached hydrogen (secondary N) is 2. The number of carbonyl (C=O) groups excluding carboxylic acids is 2. The van der Waals surface area contributed by atoms with E-state index < -0.39 is 28.0 Å². The SMILES string of the molecule is CC(OC(=O)c1cccc(S(=O)(=O)NCc2cccs2)c1)C(=O)NCc1cccs1. The normalized spacial score (nSPS) is 12.3. The van der Waals surface area contributed by atoms with E-state index in [0.29, 0.717) is 6.54 Å². The highest BCUT2D eigenvalue weighted by atomic mass is 32.2. The van der Waals surface area contributed by atoms with Gasteiger partial charge in [-0.05, 0) is 48.0 Å². The number of esters is 1. The van der Waals surface area contributed by atoms with E-state index in [1.165, 1.54) is 53.9 Å². The molecule has 1 amide bonds. The number of thiophene rings is 2. The van der Waals surface area contributed by atoms with Crippen LogP contribution in [0.3, 0.4) is 0 Å². The molecular weight excluding hydrogens is 444 g/mol. The lowest BCUT2D eigenvalue weighted by atomic mass is 10.2. The highest BCUT2D eigenvalue weighted by Gasteiger charge is 2.21. The van der Waals surface area contributed by atoms with Gasteiger partial charge < -0.3 is 10.1 Å². The minimum absolute atomic E-state index is 0.0481. The number of benzene rings is 1. The maximum Gasteiger partial charge on any atom is 0.338 e. The number of hydrogen-bond donors (Lipinski definition) is 2. The Labute approximate surface area is 182 Å². The first kappa shape index (κ1) is 22.2. The summed E-state index contributed by atoms with van der Waals surface area (Å²) >= 11 is 2.95. The second-order valence-electron chi connectivity index (χ2n) is 6.28. The second kappa shape index (κ2) is 9.98. The first-order valence-electron chi connectivity index (χ1n) is 8.98. The van der Waals surface area contributed by atoms with Crippen molar-refractivity contribution in [2.24, 2.45) is 0 Å². The Morgan fingerprint density at radius 1 is 1.00 bits per heavy atom. The van der Waals surface area contributed by atoms with E-state index in [4.69, 9.17) is 4.74 Å². The van der Waals surface area contributed by atoms with Crippen molar-refractivity contribution >= 4 is 44.6 Å². The summed E-state index contributed by atoms with van der Waals surface area (Å²) in [7, 11) is -3.80. The van der Waals surface area contributed by atoms with E-state index in [1.807, 2.05) is 35.0 Å². The topological polar surface area (TPSA) is 102 Å². The van der Waals surface area contributed by atoms with Crippen LogP contribution in [0.2, 0.25) is 0 Å². The van der Waals surface area contributed by atoms with Crippen molar-refractivity contribution in [3.63, 3.8) is 0 Å². The third-order valence-electron chi connectivity index (χ3n) is 4.07. The van der Waals surface area contributed by atoms with Gasteiger partial charge in [0, 0.05) is 16.3 Å². The van der Waals surface area contributed by atoms with Gasteiger partial charge in [-0.3, -0.25) is 4.79 Å². The van der Waals surface area contributed by atoms with E-state index in [9.17, 15) is 18.0 Å². The molecular formula is C20H20N2O5S3. The Morgan fingerprint density at radius 3 is 2.30 bits per heavy atom. The van der Waals surface area contributed by atoms with E-state index in [1.54, 1.807) is 0 Å². The van der Waals surface area contributed by atoms with Gasteiger partial charge in [0.15, 0.2) is 6.10 Å². The van der Waals surface area contributed by atoms with Crippen molar-refractivity contribution in [3.8, 4) is 0 Å². The Balaban J connectivity index is 1.59. The maximum atomic E-state index is 12.5. The van der Waals surface area contributed by atoms with Gasteiger partial charge in [0.1, 0.15) is 0 Å². The summed E-state index contributed by atoms with van der Waals surface area (Å²) in [6, 6.07) is 13.0. The molecule has 0 fully saturated rings. The smallest absolute Gasteiger partial charge is 0.338 e. The van der Waals surface area contributed by atoms with Crippen LogP contribution >= 0.6 is 22.7 Å². The molecule has 10 heteroatoms. The van der Waals surface area contributed by atoms with Crippen LogP contribution in [0.1, 0.15) is 27.0 Å². The summed E-state index contributed by atoms with van der Waals surface area (Å²) in [6.45, 7) is 1.98. The predicted molar refractivity (Wildman–Crippen MR) is 116 cm³/mol. The molecule has 3 rings (SSSR count). The van der Waals surface area contributed by atoms with Gasteiger partial charge in [0.25, 0.3) is 5.91 Å². The van der Waals surface area contributed by atoms with E-state index in [0.717, 1.165) is 9.75 Å². The first-order valence-corrected chi connectivity index (χ1v) is 12.2. The van der Waals surface area contributed by atoms with Crippen molar-refractivity contribution in [2.75, 3.05) is 0 Å². The van der Waals surface area contributed by atoms with Crippen LogP contribution in [-0.2, 0) is 32.6 Å². The monoisotopic (exact) mass is 464 g/mol. The molecule has 0 saturated heterocycles. The van der Waals surface area contributed by atoms with Crippen LogP contribution < -0.4 is 10.0 Å². The standard InChI is InChI=1S/C20H20N2O5S3/c1-14(19(23)21-12-16-6-3-9-28-16)27-20(24)15-5-2-8-18(11-15)30(25,26)22-13-17-7-4-10-29-17/h2-11,14,22H,12-13H2,1H3,(H,21,23). The number of amides is 1. The molecule has 0 aliphatic heterocycles. The third kappa shape index (κ3) is 5.99. The molecule has 2 N–H and O–H groups in total. The van der Waals surface area contributed by atoms with Crippen molar-refractivity contribution in [1.82, 2.24) is 10.0 Å². The molecule has 0 radical (unpaired) electrons. The van der Waals surface area contributed by atoms with Crippen LogP contribution in [0, 0.1) is 0 Å². The van der Waals surface area contributed by atoms with Gasteiger partial charge in [-0.2, -0.15) is 0 Å². The lowest BCUT2D eigenvalue weighted by Gasteiger charge is -2.13. The Kier molecular flexibility index (Phi) is 7.38. The van der Waals surface area contributed by atoms with Gasteiger partial charge >= 0.3 is 5.97 Å². The van der Waals surface area contributed by atoms with E-state index in [2.05, 4.69) is 10.0 Å². The van der Waals surface area contributed by atoms with Crippen molar-refractivity contribution in [3.05, 3.63) is 74.6 Å². The van der Waals surface area contributed by atoms with Crippen molar-refractivity contribution in [1.29, 1.82) is 0 Å². The summed E-state index contributed by atoms with van der Waals surface area (Å²) in [5.74, 6) is -1.21. The van der Waals surface area contributed by atoms with Crippen LogP contribution in [-0.4, -0.2) is 26.4 Å². The molecule has 1 unspecified atom stereocenters. The molecule has 2 heterocycles. The number of carbonyl (C=O) groups is 2.